The van der Waals surface area contributed by atoms with E-state index in [1.54, 1.807) is 23.1 Å². The summed E-state index contributed by atoms with van der Waals surface area (Å²) in [5.41, 5.74) is 1.57. The maximum absolute atomic E-state index is 12.4. The lowest BCUT2D eigenvalue weighted by Gasteiger charge is -2.27. The van der Waals surface area contributed by atoms with Gasteiger partial charge in [0.05, 0.1) is 6.54 Å². The van der Waals surface area contributed by atoms with E-state index in [1.807, 2.05) is 6.07 Å². The third kappa shape index (κ3) is 2.64. The minimum atomic E-state index is -1.12. The molecule has 1 aromatic carbocycles. The van der Waals surface area contributed by atoms with Gasteiger partial charge in [0.25, 0.3) is 5.91 Å². The van der Waals surface area contributed by atoms with Gasteiger partial charge in [-0.1, -0.05) is 17.7 Å². The molecule has 5 nitrogen and oxygen atoms in total. The first-order chi connectivity index (χ1) is 10.0. The molecule has 2 heterocycles. The third-order valence-corrected chi connectivity index (χ3v) is 3.69. The summed E-state index contributed by atoms with van der Waals surface area (Å²) < 4.78 is 5.19. The van der Waals surface area contributed by atoms with E-state index in [9.17, 15) is 9.59 Å². The van der Waals surface area contributed by atoms with E-state index in [0.717, 1.165) is 12.0 Å². The zero-order chi connectivity index (χ0) is 15.0. The summed E-state index contributed by atoms with van der Waals surface area (Å²) in [7, 11) is 0. The van der Waals surface area contributed by atoms with Gasteiger partial charge in [-0.25, -0.2) is 4.79 Å². The highest BCUT2D eigenvalue weighted by Crippen LogP contribution is 2.24. The predicted molar refractivity (Wildman–Crippen MR) is 75.6 cm³/mol. The van der Waals surface area contributed by atoms with Crippen molar-refractivity contribution in [2.45, 2.75) is 13.0 Å². The number of halogens is 1. The van der Waals surface area contributed by atoms with E-state index in [4.69, 9.17) is 21.1 Å². The van der Waals surface area contributed by atoms with E-state index in [-0.39, 0.29) is 18.2 Å². The normalized spacial score (nSPS) is 14.1. The lowest BCUT2D eigenvalue weighted by Crippen LogP contribution is -2.36. The molecule has 21 heavy (non-hydrogen) atoms. The van der Waals surface area contributed by atoms with Crippen LogP contribution >= 0.6 is 11.6 Å². The standard InChI is InChI=1S/C15H12ClNO4/c16-10-2-1-9-5-6-17(14(18)12(9)7-10)8-11-3-4-13(21-11)15(19)20/h1-4,7H,5-6,8H2,(H,19,20). The number of nitrogens with zero attached hydrogens (tertiary/aromatic N) is 1. The average Bonchev–Trinajstić information content (AvgIpc) is 2.91. The third-order valence-electron chi connectivity index (χ3n) is 3.46. The maximum atomic E-state index is 12.4. The Balaban J connectivity index is 1.81. The zero-order valence-corrected chi connectivity index (χ0v) is 11.8. The smallest absolute Gasteiger partial charge is 0.371 e. The number of carbonyl (C=O) groups is 2. The molecule has 1 aliphatic rings. The van der Waals surface area contributed by atoms with Crippen LogP contribution in [0.15, 0.2) is 34.7 Å². The molecule has 108 valence electrons. The van der Waals surface area contributed by atoms with Crippen LogP contribution in [0.2, 0.25) is 5.02 Å². The fraction of sp³-hybridized carbons (Fsp3) is 0.200. The van der Waals surface area contributed by atoms with Gasteiger partial charge in [-0.3, -0.25) is 4.79 Å². The van der Waals surface area contributed by atoms with Gasteiger partial charge < -0.3 is 14.4 Å². The fourth-order valence-corrected chi connectivity index (χ4v) is 2.58. The molecule has 0 radical (unpaired) electrons. The summed E-state index contributed by atoms with van der Waals surface area (Å²) in [5.74, 6) is -0.917. The second-order valence-corrected chi connectivity index (χ2v) is 5.29. The van der Waals surface area contributed by atoms with Crippen LogP contribution in [0.3, 0.4) is 0 Å². The highest BCUT2D eigenvalue weighted by molar-refractivity contribution is 6.31. The molecule has 0 atom stereocenters. The van der Waals surface area contributed by atoms with Gasteiger partial charge >= 0.3 is 5.97 Å². The SMILES string of the molecule is O=C(O)c1ccc(CN2CCc3ccc(Cl)cc3C2=O)o1. The summed E-state index contributed by atoms with van der Waals surface area (Å²) in [6.45, 7) is 0.814. The molecule has 0 aliphatic carbocycles. The highest BCUT2D eigenvalue weighted by atomic mass is 35.5. The van der Waals surface area contributed by atoms with Crippen LogP contribution in [0.1, 0.15) is 32.2 Å². The van der Waals surface area contributed by atoms with Crippen LogP contribution < -0.4 is 0 Å². The van der Waals surface area contributed by atoms with Gasteiger partial charge in [0.15, 0.2) is 0 Å². The van der Waals surface area contributed by atoms with Crippen molar-refractivity contribution in [3.8, 4) is 0 Å². The molecule has 0 unspecified atom stereocenters. The van der Waals surface area contributed by atoms with Gasteiger partial charge in [0.1, 0.15) is 5.76 Å². The quantitative estimate of drug-likeness (QED) is 0.946. The molecular weight excluding hydrogens is 294 g/mol. The Kier molecular flexibility index (Phi) is 3.43. The summed E-state index contributed by atoms with van der Waals surface area (Å²) >= 11 is 5.93. The number of rotatable bonds is 3. The Morgan fingerprint density at radius 2 is 2.14 bits per heavy atom. The molecule has 0 bridgehead atoms. The van der Waals surface area contributed by atoms with Crippen LogP contribution in [0.4, 0.5) is 0 Å². The summed E-state index contributed by atoms with van der Waals surface area (Å²) in [6.07, 6.45) is 0.741. The number of hydrogen-bond donors (Lipinski definition) is 1. The molecule has 0 saturated carbocycles. The Labute approximate surface area is 125 Å². The Hall–Kier alpha value is -2.27. The molecule has 6 heteroatoms. The van der Waals surface area contributed by atoms with E-state index < -0.39 is 5.97 Å². The lowest BCUT2D eigenvalue weighted by molar-refractivity contribution is 0.0655. The molecular formula is C15H12ClNO4. The Morgan fingerprint density at radius 3 is 2.86 bits per heavy atom. The number of fused-ring (bicyclic) bond motifs is 1. The minimum absolute atomic E-state index is 0.118. The largest absolute Gasteiger partial charge is 0.475 e. The number of benzene rings is 1. The van der Waals surface area contributed by atoms with Crippen LogP contribution in [-0.2, 0) is 13.0 Å². The van der Waals surface area contributed by atoms with Crippen LogP contribution in [0.5, 0.6) is 0 Å². The lowest BCUT2D eigenvalue weighted by atomic mass is 9.99. The average molecular weight is 306 g/mol. The highest BCUT2D eigenvalue weighted by Gasteiger charge is 2.25. The number of carbonyl (C=O) groups excluding carboxylic acids is 1. The molecule has 1 N–H and O–H groups in total. The molecule has 1 aliphatic heterocycles. The second kappa shape index (κ2) is 5.26. The van der Waals surface area contributed by atoms with E-state index in [0.29, 0.717) is 22.9 Å². The zero-order valence-electron chi connectivity index (χ0n) is 11.0. The number of carboxylic acid groups (broad SMARTS) is 1. The molecule has 0 spiro atoms. The molecule has 1 amide bonds. The van der Waals surface area contributed by atoms with Crippen molar-refractivity contribution < 1.29 is 19.1 Å². The van der Waals surface area contributed by atoms with Crippen LogP contribution in [0.25, 0.3) is 0 Å². The van der Waals surface area contributed by atoms with Gasteiger partial charge in [-0.15, -0.1) is 0 Å². The number of carboxylic acids is 1. The van der Waals surface area contributed by atoms with E-state index >= 15 is 0 Å². The topological polar surface area (TPSA) is 70.8 Å². The number of furan rings is 1. The van der Waals surface area contributed by atoms with E-state index in [1.165, 1.54) is 6.07 Å². The summed E-state index contributed by atoms with van der Waals surface area (Å²) in [5, 5.41) is 9.35. The van der Waals surface area contributed by atoms with Gasteiger partial charge in [-0.05, 0) is 36.2 Å². The molecule has 3 rings (SSSR count). The first-order valence-corrected chi connectivity index (χ1v) is 6.82. The van der Waals surface area contributed by atoms with Crippen molar-refractivity contribution in [2.75, 3.05) is 6.54 Å². The van der Waals surface area contributed by atoms with Crippen molar-refractivity contribution in [1.82, 2.24) is 4.90 Å². The van der Waals surface area contributed by atoms with Gasteiger partial charge in [0.2, 0.25) is 5.76 Å². The molecule has 1 aromatic heterocycles. The Morgan fingerprint density at radius 1 is 1.33 bits per heavy atom. The molecule has 0 fully saturated rings. The van der Waals surface area contributed by atoms with Crippen molar-refractivity contribution in [1.29, 1.82) is 0 Å². The second-order valence-electron chi connectivity index (χ2n) is 4.85. The number of amides is 1. The Bertz CT molecular complexity index is 722. The van der Waals surface area contributed by atoms with Gasteiger partial charge in [0, 0.05) is 17.1 Å². The fourth-order valence-electron chi connectivity index (χ4n) is 2.41. The van der Waals surface area contributed by atoms with Crippen LogP contribution in [0, 0.1) is 0 Å². The summed E-state index contributed by atoms with van der Waals surface area (Å²) in [6, 6.07) is 8.26. The van der Waals surface area contributed by atoms with Crippen molar-refractivity contribution in [2.24, 2.45) is 0 Å². The summed E-state index contributed by atoms with van der Waals surface area (Å²) in [4.78, 5) is 24.8. The van der Waals surface area contributed by atoms with Crippen LogP contribution in [-0.4, -0.2) is 28.4 Å². The van der Waals surface area contributed by atoms with Crippen molar-refractivity contribution in [3.63, 3.8) is 0 Å². The van der Waals surface area contributed by atoms with E-state index in [2.05, 4.69) is 0 Å². The first-order valence-electron chi connectivity index (χ1n) is 6.44. The molecule has 2 aromatic rings. The monoisotopic (exact) mass is 305 g/mol. The van der Waals surface area contributed by atoms with Crippen molar-refractivity contribution in [3.05, 3.63) is 58.0 Å². The predicted octanol–water partition coefficient (Wildman–Crippen LogP) is 2.83. The number of hydrogen-bond acceptors (Lipinski definition) is 3. The molecule has 0 saturated heterocycles. The first kappa shape index (κ1) is 13.7. The van der Waals surface area contributed by atoms with Crippen molar-refractivity contribution >= 4 is 23.5 Å². The van der Waals surface area contributed by atoms with Gasteiger partial charge in [-0.2, -0.15) is 0 Å². The number of aromatic carboxylic acids is 1. The minimum Gasteiger partial charge on any atom is -0.475 e. The maximum Gasteiger partial charge on any atom is 0.371 e.